The number of nitrogens with one attached hydrogen (secondary N) is 1. The van der Waals surface area contributed by atoms with Crippen molar-refractivity contribution in [3.05, 3.63) is 29.8 Å². The number of unbranched alkanes of at least 4 members (excludes halogenated alkanes) is 1. The first-order valence-corrected chi connectivity index (χ1v) is 8.24. The van der Waals surface area contributed by atoms with Crippen molar-refractivity contribution < 1.29 is 9.53 Å². The Morgan fingerprint density at radius 2 is 2.13 bits per heavy atom. The molecular weight excluding hydrogens is 312 g/mol. The average molecular weight is 341 g/mol. The van der Waals surface area contributed by atoms with E-state index >= 15 is 0 Å². The lowest BCUT2D eigenvalue weighted by Gasteiger charge is -2.29. The first-order chi connectivity index (χ1) is 10.5. The maximum Gasteiger partial charge on any atom is 0.220 e. The molecule has 0 saturated heterocycles. The van der Waals surface area contributed by atoms with Crippen molar-refractivity contribution in [2.45, 2.75) is 51.5 Å². The van der Waals surface area contributed by atoms with Gasteiger partial charge in [0.1, 0.15) is 5.75 Å². The highest BCUT2D eigenvalue weighted by Crippen LogP contribution is 2.39. The number of aryl methyl sites for hydroxylation is 1. The third kappa shape index (κ3) is 6.40. The van der Waals surface area contributed by atoms with Gasteiger partial charge in [0.2, 0.25) is 5.91 Å². The highest BCUT2D eigenvalue weighted by atomic mass is 35.5. The normalized spacial score (nSPS) is 16.1. The van der Waals surface area contributed by atoms with Crippen molar-refractivity contribution in [3.63, 3.8) is 0 Å². The van der Waals surface area contributed by atoms with Gasteiger partial charge in [0, 0.05) is 13.0 Å². The molecule has 0 bridgehead atoms. The molecule has 1 fully saturated rings. The second kappa shape index (κ2) is 9.14. The summed E-state index contributed by atoms with van der Waals surface area (Å²) in [7, 11) is 0. The fourth-order valence-electron chi connectivity index (χ4n) is 2.70. The molecule has 1 amide bonds. The third-order valence-corrected chi connectivity index (χ3v) is 4.38. The maximum atomic E-state index is 12.0. The van der Waals surface area contributed by atoms with Crippen molar-refractivity contribution in [1.82, 2.24) is 5.32 Å². The minimum absolute atomic E-state index is 0. The fourth-order valence-corrected chi connectivity index (χ4v) is 2.70. The largest absolute Gasteiger partial charge is 0.494 e. The zero-order valence-electron chi connectivity index (χ0n) is 14.1. The van der Waals surface area contributed by atoms with Crippen LogP contribution in [0.1, 0.15) is 44.6 Å². The molecule has 1 saturated carbocycles. The van der Waals surface area contributed by atoms with E-state index in [1.54, 1.807) is 0 Å². The van der Waals surface area contributed by atoms with Crippen LogP contribution in [0.25, 0.3) is 0 Å². The van der Waals surface area contributed by atoms with Gasteiger partial charge in [-0.25, -0.2) is 0 Å². The van der Waals surface area contributed by atoms with E-state index in [1.165, 1.54) is 18.4 Å². The number of hydrogen-bond acceptors (Lipinski definition) is 3. The van der Waals surface area contributed by atoms with Crippen LogP contribution in [-0.4, -0.2) is 24.6 Å². The topological polar surface area (TPSA) is 64.3 Å². The van der Waals surface area contributed by atoms with Crippen LogP contribution in [0, 0.1) is 12.8 Å². The molecule has 0 heterocycles. The Labute approximate surface area is 145 Å². The Morgan fingerprint density at radius 3 is 2.74 bits per heavy atom. The Kier molecular flexibility index (Phi) is 7.86. The quantitative estimate of drug-likeness (QED) is 0.678. The van der Waals surface area contributed by atoms with Gasteiger partial charge in [-0.05, 0) is 63.1 Å². The number of rotatable bonds is 9. The van der Waals surface area contributed by atoms with E-state index in [9.17, 15) is 4.79 Å². The van der Waals surface area contributed by atoms with E-state index in [2.05, 4.69) is 12.2 Å². The van der Waals surface area contributed by atoms with Crippen molar-refractivity contribution >= 4 is 18.3 Å². The summed E-state index contributed by atoms with van der Waals surface area (Å²) in [6, 6.07) is 8.02. The van der Waals surface area contributed by atoms with E-state index in [0.29, 0.717) is 25.5 Å². The maximum absolute atomic E-state index is 12.0. The first kappa shape index (κ1) is 19.8. The summed E-state index contributed by atoms with van der Waals surface area (Å²) in [6.07, 6.45) is 4.61. The summed E-state index contributed by atoms with van der Waals surface area (Å²) in [6.45, 7) is 5.27. The van der Waals surface area contributed by atoms with Crippen LogP contribution in [-0.2, 0) is 4.79 Å². The van der Waals surface area contributed by atoms with Gasteiger partial charge in [-0.15, -0.1) is 12.4 Å². The van der Waals surface area contributed by atoms with Gasteiger partial charge in [-0.1, -0.05) is 12.1 Å². The SMILES string of the molecule is Cc1cccc(OCCCCC(=O)NC(C)(CN)C2CC2)c1.Cl. The average Bonchev–Trinajstić information content (AvgIpc) is 3.32. The molecule has 0 radical (unpaired) electrons. The monoisotopic (exact) mass is 340 g/mol. The predicted molar refractivity (Wildman–Crippen MR) is 96.1 cm³/mol. The highest BCUT2D eigenvalue weighted by molar-refractivity contribution is 5.85. The smallest absolute Gasteiger partial charge is 0.220 e. The standard InChI is InChI=1S/C18H28N2O2.ClH/c1-14-6-5-7-16(12-14)22-11-4-3-8-17(21)20-18(2,13-19)15-9-10-15;/h5-7,12,15H,3-4,8-11,13,19H2,1-2H3,(H,20,21);1H. The molecule has 3 N–H and O–H groups in total. The Balaban J connectivity index is 0.00000264. The predicted octanol–water partition coefficient (Wildman–Crippen LogP) is 3.21. The molecule has 0 aromatic heterocycles. The molecule has 5 heteroatoms. The molecule has 1 aliphatic rings. The molecule has 130 valence electrons. The van der Waals surface area contributed by atoms with Crippen molar-refractivity contribution in [2.75, 3.05) is 13.2 Å². The highest BCUT2D eigenvalue weighted by Gasteiger charge is 2.41. The van der Waals surface area contributed by atoms with Crippen molar-refractivity contribution in [2.24, 2.45) is 11.7 Å². The lowest BCUT2D eigenvalue weighted by molar-refractivity contribution is -0.123. The van der Waals surface area contributed by atoms with E-state index in [1.807, 2.05) is 31.2 Å². The summed E-state index contributed by atoms with van der Waals surface area (Å²) < 4.78 is 5.69. The van der Waals surface area contributed by atoms with Gasteiger partial charge in [0.05, 0.1) is 12.1 Å². The Morgan fingerprint density at radius 1 is 1.39 bits per heavy atom. The Bertz CT molecular complexity index is 506. The number of halogens is 1. The van der Waals surface area contributed by atoms with Crippen LogP contribution < -0.4 is 15.8 Å². The Hall–Kier alpha value is -1.26. The van der Waals surface area contributed by atoms with Gasteiger partial charge >= 0.3 is 0 Å². The summed E-state index contributed by atoms with van der Waals surface area (Å²) in [5.74, 6) is 1.57. The lowest BCUT2D eigenvalue weighted by atomic mass is 9.95. The van der Waals surface area contributed by atoms with Crippen LogP contribution in [0.2, 0.25) is 0 Å². The van der Waals surface area contributed by atoms with E-state index in [4.69, 9.17) is 10.5 Å². The number of carbonyl (C=O) groups excluding carboxylic acids is 1. The molecule has 1 aliphatic carbocycles. The molecular formula is C18H29ClN2O2. The van der Waals surface area contributed by atoms with Crippen LogP contribution in [0.15, 0.2) is 24.3 Å². The fraction of sp³-hybridized carbons (Fsp3) is 0.611. The number of benzene rings is 1. The van der Waals surface area contributed by atoms with Crippen LogP contribution >= 0.6 is 12.4 Å². The van der Waals surface area contributed by atoms with Gasteiger partial charge in [-0.3, -0.25) is 4.79 Å². The van der Waals surface area contributed by atoms with Gasteiger partial charge in [0.15, 0.2) is 0 Å². The molecule has 1 aromatic carbocycles. The molecule has 1 unspecified atom stereocenters. The summed E-state index contributed by atoms with van der Waals surface area (Å²) in [5, 5.41) is 3.12. The van der Waals surface area contributed by atoms with Gasteiger partial charge in [-0.2, -0.15) is 0 Å². The number of amides is 1. The summed E-state index contributed by atoms with van der Waals surface area (Å²) in [5.41, 5.74) is 6.79. The zero-order valence-corrected chi connectivity index (χ0v) is 15.0. The van der Waals surface area contributed by atoms with Gasteiger partial charge in [0.25, 0.3) is 0 Å². The first-order valence-electron chi connectivity index (χ1n) is 8.24. The zero-order chi connectivity index (χ0) is 16.0. The third-order valence-electron chi connectivity index (χ3n) is 4.38. The molecule has 0 spiro atoms. The second-order valence-electron chi connectivity index (χ2n) is 6.57. The molecule has 0 aliphatic heterocycles. The minimum Gasteiger partial charge on any atom is -0.494 e. The van der Waals surface area contributed by atoms with Crippen molar-refractivity contribution in [3.8, 4) is 5.75 Å². The van der Waals surface area contributed by atoms with Crippen molar-refractivity contribution in [1.29, 1.82) is 0 Å². The summed E-state index contributed by atoms with van der Waals surface area (Å²) >= 11 is 0. The van der Waals surface area contributed by atoms with E-state index in [-0.39, 0.29) is 23.9 Å². The lowest BCUT2D eigenvalue weighted by Crippen LogP contribution is -2.53. The summed E-state index contributed by atoms with van der Waals surface area (Å²) in [4.78, 5) is 12.0. The number of hydrogen-bond donors (Lipinski definition) is 2. The second-order valence-corrected chi connectivity index (χ2v) is 6.57. The van der Waals surface area contributed by atoms with Crippen LogP contribution in [0.3, 0.4) is 0 Å². The van der Waals surface area contributed by atoms with Gasteiger partial charge < -0.3 is 15.8 Å². The number of carbonyl (C=O) groups is 1. The van der Waals surface area contributed by atoms with E-state index in [0.717, 1.165) is 18.6 Å². The molecule has 2 rings (SSSR count). The number of ether oxygens (including phenoxy) is 1. The molecule has 1 aromatic rings. The van der Waals surface area contributed by atoms with E-state index < -0.39 is 0 Å². The molecule has 4 nitrogen and oxygen atoms in total. The molecule has 23 heavy (non-hydrogen) atoms. The van der Waals surface area contributed by atoms with Crippen LogP contribution in [0.4, 0.5) is 0 Å². The number of nitrogens with two attached hydrogens (primary N) is 1. The minimum atomic E-state index is -0.213. The van der Waals surface area contributed by atoms with Crippen LogP contribution in [0.5, 0.6) is 5.75 Å². The molecule has 1 atom stereocenters.